The molecule has 8 heteroatoms. The number of benzene rings is 1. The molecular formula is C18H21BrN2O4S. The monoisotopic (exact) mass is 440 g/mol. The number of nitrogens with zero attached hydrogens (tertiary/aromatic N) is 2. The van der Waals surface area contributed by atoms with Crippen LogP contribution in [0.1, 0.15) is 18.5 Å². The zero-order chi connectivity index (χ0) is 18.9. The maximum absolute atomic E-state index is 12.7. The van der Waals surface area contributed by atoms with Crippen LogP contribution in [0.5, 0.6) is 5.75 Å². The lowest BCUT2D eigenvalue weighted by atomic mass is 10.1. The van der Waals surface area contributed by atoms with Crippen LogP contribution in [-0.4, -0.2) is 36.5 Å². The minimum atomic E-state index is -3.49. The van der Waals surface area contributed by atoms with Gasteiger partial charge < -0.3 is 9.30 Å². The average molecular weight is 441 g/mol. The second kappa shape index (κ2) is 7.54. The van der Waals surface area contributed by atoms with E-state index in [0.717, 1.165) is 10.2 Å². The van der Waals surface area contributed by atoms with Crippen LogP contribution in [0, 0.1) is 6.92 Å². The maximum atomic E-state index is 12.7. The van der Waals surface area contributed by atoms with Gasteiger partial charge in [-0.1, -0.05) is 15.9 Å². The molecule has 0 bridgehead atoms. The summed E-state index contributed by atoms with van der Waals surface area (Å²) >= 11 is 3.31. The van der Waals surface area contributed by atoms with E-state index < -0.39 is 10.0 Å². The highest BCUT2D eigenvalue weighted by Crippen LogP contribution is 2.24. The number of piperidine rings is 1. The number of pyridine rings is 1. The minimum Gasteiger partial charge on any atom is -0.490 e. The average Bonchev–Trinajstić information content (AvgIpc) is 2.60. The van der Waals surface area contributed by atoms with E-state index in [-0.39, 0.29) is 11.7 Å². The molecule has 1 aliphatic heterocycles. The molecule has 2 heterocycles. The van der Waals surface area contributed by atoms with Gasteiger partial charge >= 0.3 is 0 Å². The van der Waals surface area contributed by atoms with Crippen molar-refractivity contribution >= 4 is 26.0 Å². The Hall–Kier alpha value is -1.64. The predicted octanol–water partition coefficient (Wildman–Crippen LogP) is 2.69. The van der Waals surface area contributed by atoms with E-state index in [1.165, 1.54) is 10.4 Å². The zero-order valence-corrected chi connectivity index (χ0v) is 17.1. The van der Waals surface area contributed by atoms with Gasteiger partial charge in [0.15, 0.2) is 0 Å². The molecular weight excluding hydrogens is 420 g/mol. The van der Waals surface area contributed by atoms with Gasteiger partial charge in [0, 0.05) is 36.4 Å². The SMILES string of the molecule is Cc1cc(OC2CCN(S(=O)(=O)c3ccc(Br)cc3)CC2)cc(=O)n1C. The molecule has 1 fully saturated rings. The van der Waals surface area contributed by atoms with Crippen molar-refractivity contribution < 1.29 is 13.2 Å². The molecule has 2 aromatic rings. The summed E-state index contributed by atoms with van der Waals surface area (Å²) in [4.78, 5) is 12.2. The summed E-state index contributed by atoms with van der Waals surface area (Å²) in [6, 6.07) is 9.95. The number of ether oxygens (including phenoxy) is 1. The van der Waals surface area contributed by atoms with E-state index >= 15 is 0 Å². The van der Waals surface area contributed by atoms with Gasteiger partial charge in [0.25, 0.3) is 5.56 Å². The fraction of sp³-hybridized carbons (Fsp3) is 0.389. The Bertz CT molecular complexity index is 946. The molecule has 0 amide bonds. The normalized spacial score (nSPS) is 16.6. The zero-order valence-electron chi connectivity index (χ0n) is 14.7. The van der Waals surface area contributed by atoms with Crippen LogP contribution in [0.2, 0.25) is 0 Å². The van der Waals surface area contributed by atoms with Crippen molar-refractivity contribution in [1.82, 2.24) is 8.87 Å². The highest BCUT2D eigenvalue weighted by atomic mass is 79.9. The van der Waals surface area contributed by atoms with Crippen molar-refractivity contribution in [3.63, 3.8) is 0 Å². The largest absolute Gasteiger partial charge is 0.490 e. The van der Waals surface area contributed by atoms with Gasteiger partial charge in [-0.2, -0.15) is 4.31 Å². The molecule has 1 saturated heterocycles. The number of aromatic nitrogens is 1. The lowest BCUT2D eigenvalue weighted by molar-refractivity contribution is 0.134. The molecule has 3 rings (SSSR count). The highest BCUT2D eigenvalue weighted by Gasteiger charge is 2.30. The van der Waals surface area contributed by atoms with E-state index in [0.29, 0.717) is 36.6 Å². The lowest BCUT2D eigenvalue weighted by Gasteiger charge is -2.31. The van der Waals surface area contributed by atoms with Crippen LogP contribution in [-0.2, 0) is 17.1 Å². The predicted molar refractivity (Wildman–Crippen MR) is 103 cm³/mol. The molecule has 0 atom stereocenters. The number of aryl methyl sites for hydroxylation is 1. The number of hydrogen-bond donors (Lipinski definition) is 0. The minimum absolute atomic E-state index is 0.0992. The Morgan fingerprint density at radius 2 is 1.73 bits per heavy atom. The highest BCUT2D eigenvalue weighted by molar-refractivity contribution is 9.10. The third-order valence-corrected chi connectivity index (χ3v) is 7.07. The summed E-state index contributed by atoms with van der Waals surface area (Å²) < 4.78 is 35.2. The van der Waals surface area contributed by atoms with Crippen molar-refractivity contribution in [2.75, 3.05) is 13.1 Å². The van der Waals surface area contributed by atoms with Gasteiger partial charge in [-0.25, -0.2) is 8.42 Å². The topological polar surface area (TPSA) is 68.6 Å². The molecule has 1 aliphatic rings. The Labute approximate surface area is 161 Å². The molecule has 6 nitrogen and oxygen atoms in total. The molecule has 1 aromatic carbocycles. The van der Waals surface area contributed by atoms with Gasteiger partial charge in [0.1, 0.15) is 11.9 Å². The summed E-state index contributed by atoms with van der Waals surface area (Å²) in [5.74, 6) is 0.541. The maximum Gasteiger partial charge on any atom is 0.254 e. The Morgan fingerprint density at radius 1 is 1.12 bits per heavy atom. The smallest absolute Gasteiger partial charge is 0.254 e. The number of hydrogen-bond acceptors (Lipinski definition) is 4. The van der Waals surface area contributed by atoms with Crippen molar-refractivity contribution in [3.05, 3.63) is 56.9 Å². The van der Waals surface area contributed by atoms with Gasteiger partial charge in [-0.3, -0.25) is 4.79 Å². The quantitative estimate of drug-likeness (QED) is 0.732. The van der Waals surface area contributed by atoms with E-state index in [9.17, 15) is 13.2 Å². The second-order valence-electron chi connectivity index (χ2n) is 6.40. The van der Waals surface area contributed by atoms with Crippen LogP contribution >= 0.6 is 15.9 Å². The van der Waals surface area contributed by atoms with Gasteiger partial charge in [-0.15, -0.1) is 0 Å². The van der Waals surface area contributed by atoms with E-state index in [1.54, 1.807) is 35.9 Å². The number of rotatable bonds is 4. The Morgan fingerprint density at radius 3 is 2.31 bits per heavy atom. The van der Waals surface area contributed by atoms with Gasteiger partial charge in [0.05, 0.1) is 4.90 Å². The molecule has 140 valence electrons. The molecule has 26 heavy (non-hydrogen) atoms. The van der Waals surface area contributed by atoms with E-state index in [1.807, 2.05) is 13.0 Å². The third-order valence-electron chi connectivity index (χ3n) is 4.63. The van der Waals surface area contributed by atoms with Crippen LogP contribution in [0.4, 0.5) is 0 Å². The first-order valence-electron chi connectivity index (χ1n) is 8.37. The molecule has 0 unspecified atom stereocenters. The van der Waals surface area contributed by atoms with Crippen molar-refractivity contribution in [3.8, 4) is 5.75 Å². The van der Waals surface area contributed by atoms with E-state index in [2.05, 4.69) is 15.9 Å². The van der Waals surface area contributed by atoms with Crippen LogP contribution in [0.25, 0.3) is 0 Å². The fourth-order valence-electron chi connectivity index (χ4n) is 2.94. The molecule has 0 aliphatic carbocycles. The molecule has 1 aromatic heterocycles. The first-order valence-corrected chi connectivity index (χ1v) is 10.6. The lowest BCUT2D eigenvalue weighted by Crippen LogP contribution is -2.41. The number of sulfonamides is 1. The molecule has 0 radical (unpaired) electrons. The summed E-state index contributed by atoms with van der Waals surface area (Å²) in [7, 11) is -1.78. The van der Waals surface area contributed by atoms with Crippen molar-refractivity contribution in [1.29, 1.82) is 0 Å². The van der Waals surface area contributed by atoms with Crippen molar-refractivity contribution in [2.45, 2.75) is 30.8 Å². The first-order chi connectivity index (χ1) is 12.3. The fourth-order valence-corrected chi connectivity index (χ4v) is 4.68. The molecule has 0 saturated carbocycles. The van der Waals surface area contributed by atoms with Gasteiger partial charge in [-0.05, 0) is 50.1 Å². The van der Waals surface area contributed by atoms with Crippen molar-refractivity contribution in [2.24, 2.45) is 7.05 Å². The molecule has 0 spiro atoms. The summed E-state index contributed by atoms with van der Waals surface area (Å²) in [6.45, 7) is 2.64. The first kappa shape index (κ1) is 19.1. The number of halogens is 1. The third kappa shape index (κ3) is 4.02. The Kier molecular flexibility index (Phi) is 5.55. The summed E-state index contributed by atoms with van der Waals surface area (Å²) in [6.07, 6.45) is 1.08. The Balaban J connectivity index is 1.66. The molecule has 0 N–H and O–H groups in total. The van der Waals surface area contributed by atoms with Crippen LogP contribution in [0.3, 0.4) is 0 Å². The summed E-state index contributed by atoms with van der Waals surface area (Å²) in [5.41, 5.74) is 0.706. The van der Waals surface area contributed by atoms with Crippen LogP contribution < -0.4 is 10.3 Å². The second-order valence-corrected chi connectivity index (χ2v) is 9.26. The van der Waals surface area contributed by atoms with Gasteiger partial charge in [0.2, 0.25) is 10.0 Å². The van der Waals surface area contributed by atoms with Crippen LogP contribution in [0.15, 0.2) is 50.6 Å². The summed E-state index contributed by atoms with van der Waals surface area (Å²) in [5, 5.41) is 0. The standard InChI is InChI=1S/C18H21BrN2O4S/c1-13-11-16(12-18(22)20(13)2)25-15-7-9-21(10-8-15)26(23,24)17-5-3-14(19)4-6-17/h3-6,11-12,15H,7-10H2,1-2H3. The van der Waals surface area contributed by atoms with E-state index in [4.69, 9.17) is 4.74 Å².